The lowest BCUT2D eigenvalue weighted by molar-refractivity contribution is -0.0171. The number of fused-ring (bicyclic) bond motifs is 1. The maximum atomic E-state index is 12.8. The summed E-state index contributed by atoms with van der Waals surface area (Å²) < 4.78 is 6.05. The average Bonchev–Trinajstić information content (AvgIpc) is 2.76. The van der Waals surface area contributed by atoms with Gasteiger partial charge in [-0.3, -0.25) is 9.69 Å². The highest BCUT2D eigenvalue weighted by molar-refractivity contribution is 6.36. The van der Waals surface area contributed by atoms with Crippen molar-refractivity contribution in [3.05, 3.63) is 28.0 Å². The molecule has 3 heterocycles. The van der Waals surface area contributed by atoms with Crippen LogP contribution in [0.1, 0.15) is 30.6 Å². The van der Waals surface area contributed by atoms with Crippen molar-refractivity contribution in [2.24, 2.45) is 5.92 Å². The zero-order valence-electron chi connectivity index (χ0n) is 14.0. The molecule has 5 nitrogen and oxygen atoms in total. The molecule has 7 heteroatoms. The number of pyridine rings is 1. The highest BCUT2D eigenvalue weighted by atomic mass is 35.5. The van der Waals surface area contributed by atoms with Crippen molar-refractivity contribution in [2.45, 2.75) is 32.4 Å². The number of likely N-dealkylation sites (tertiary alicyclic amines) is 1. The molecular formula is C17H23Cl2N3O2. The van der Waals surface area contributed by atoms with Gasteiger partial charge in [-0.05, 0) is 26.3 Å². The second kappa shape index (κ2) is 7.56. The lowest BCUT2D eigenvalue weighted by atomic mass is 9.92. The minimum atomic E-state index is -0.101. The number of amides is 1. The Morgan fingerprint density at radius 2 is 2.12 bits per heavy atom. The van der Waals surface area contributed by atoms with Crippen LogP contribution in [0.4, 0.5) is 0 Å². The largest absolute Gasteiger partial charge is 0.375 e. The number of rotatable bonds is 2. The fourth-order valence-corrected chi connectivity index (χ4v) is 3.91. The number of carbonyl (C=O) groups excluding carboxylic acids is 1. The standard InChI is InChI=1S/C17H23Cl2N3O2/c1-11(2)21-5-6-24-15-10-22(4-3-12(15)9-21)17(23)13-8-20-16(19)7-14(13)18/h7-8,11-12,15H,3-6,9-10H2,1-2H3. The number of piperidine rings is 1. The van der Waals surface area contributed by atoms with E-state index in [1.165, 1.54) is 12.3 Å². The molecule has 0 bridgehead atoms. The van der Waals surface area contributed by atoms with Gasteiger partial charge in [0.15, 0.2) is 0 Å². The maximum Gasteiger partial charge on any atom is 0.257 e. The van der Waals surface area contributed by atoms with Crippen molar-refractivity contribution in [3.8, 4) is 0 Å². The molecule has 2 fully saturated rings. The first-order chi connectivity index (χ1) is 11.5. The Labute approximate surface area is 152 Å². The fraction of sp³-hybridized carbons (Fsp3) is 0.647. The molecular weight excluding hydrogens is 349 g/mol. The van der Waals surface area contributed by atoms with Gasteiger partial charge < -0.3 is 9.64 Å². The van der Waals surface area contributed by atoms with Crippen molar-refractivity contribution in [3.63, 3.8) is 0 Å². The zero-order valence-corrected chi connectivity index (χ0v) is 15.6. The quantitative estimate of drug-likeness (QED) is 0.749. The Kier molecular flexibility index (Phi) is 5.65. The van der Waals surface area contributed by atoms with Crippen LogP contribution in [-0.2, 0) is 4.74 Å². The first-order valence-corrected chi connectivity index (χ1v) is 9.17. The zero-order chi connectivity index (χ0) is 17.3. The van der Waals surface area contributed by atoms with Crippen LogP contribution in [0.5, 0.6) is 0 Å². The normalized spacial score (nSPS) is 25.5. The topological polar surface area (TPSA) is 45.7 Å². The number of hydrogen-bond acceptors (Lipinski definition) is 4. The van der Waals surface area contributed by atoms with Gasteiger partial charge in [0.05, 0.1) is 23.3 Å². The third-order valence-corrected chi connectivity index (χ3v) is 5.46. The van der Waals surface area contributed by atoms with Crippen LogP contribution in [0.2, 0.25) is 10.2 Å². The molecule has 0 radical (unpaired) electrons. The third-order valence-electron chi connectivity index (χ3n) is 4.94. The Morgan fingerprint density at radius 3 is 2.83 bits per heavy atom. The summed E-state index contributed by atoms with van der Waals surface area (Å²) in [5, 5.41) is 0.631. The molecule has 2 aliphatic rings. The molecule has 1 aromatic rings. The molecule has 0 aromatic carbocycles. The van der Waals surface area contributed by atoms with Gasteiger partial charge in [-0.25, -0.2) is 4.98 Å². The van der Waals surface area contributed by atoms with Crippen LogP contribution in [0.25, 0.3) is 0 Å². The van der Waals surface area contributed by atoms with Crippen molar-refractivity contribution in [1.82, 2.24) is 14.8 Å². The number of hydrogen-bond donors (Lipinski definition) is 0. The highest BCUT2D eigenvalue weighted by Gasteiger charge is 2.36. The van der Waals surface area contributed by atoms with E-state index in [2.05, 4.69) is 23.7 Å². The number of nitrogens with zero attached hydrogens (tertiary/aromatic N) is 3. The number of aromatic nitrogens is 1. The van der Waals surface area contributed by atoms with E-state index >= 15 is 0 Å². The molecule has 1 amide bonds. The molecule has 1 aromatic heterocycles. The van der Waals surface area contributed by atoms with E-state index in [1.54, 1.807) is 0 Å². The van der Waals surface area contributed by atoms with E-state index < -0.39 is 0 Å². The number of ether oxygens (including phenoxy) is 1. The van der Waals surface area contributed by atoms with Gasteiger partial charge in [-0.15, -0.1) is 0 Å². The average molecular weight is 372 g/mol. The van der Waals surface area contributed by atoms with Crippen LogP contribution in [-0.4, -0.2) is 65.6 Å². The first kappa shape index (κ1) is 17.9. The Hall–Kier alpha value is -0.880. The minimum Gasteiger partial charge on any atom is -0.375 e. The molecule has 2 atom stereocenters. The summed E-state index contributed by atoms with van der Waals surface area (Å²) in [6.07, 6.45) is 2.48. The summed E-state index contributed by atoms with van der Waals surface area (Å²) in [7, 11) is 0. The lowest BCUT2D eigenvalue weighted by Crippen LogP contribution is -2.49. The molecule has 0 spiro atoms. The van der Waals surface area contributed by atoms with Gasteiger partial charge in [-0.2, -0.15) is 0 Å². The van der Waals surface area contributed by atoms with Crippen LogP contribution < -0.4 is 0 Å². The number of halogens is 2. The Bertz CT molecular complexity index is 611. The van der Waals surface area contributed by atoms with Crippen LogP contribution in [0.15, 0.2) is 12.3 Å². The summed E-state index contributed by atoms with van der Waals surface area (Å²) in [5.41, 5.74) is 0.400. The van der Waals surface area contributed by atoms with Crippen molar-refractivity contribution >= 4 is 29.1 Å². The van der Waals surface area contributed by atoms with E-state index in [1.807, 2.05) is 4.90 Å². The van der Waals surface area contributed by atoms with Crippen molar-refractivity contribution in [1.29, 1.82) is 0 Å². The van der Waals surface area contributed by atoms with E-state index in [0.29, 0.717) is 42.2 Å². The Morgan fingerprint density at radius 1 is 1.33 bits per heavy atom. The fourth-order valence-electron chi connectivity index (χ4n) is 3.47. The SMILES string of the molecule is CC(C)N1CCOC2CN(C(=O)c3cnc(Cl)cc3Cl)CCC2C1. The summed E-state index contributed by atoms with van der Waals surface area (Å²) >= 11 is 12.0. The summed E-state index contributed by atoms with van der Waals surface area (Å²) in [6, 6.07) is 2.03. The smallest absolute Gasteiger partial charge is 0.257 e. The lowest BCUT2D eigenvalue weighted by Gasteiger charge is -2.38. The predicted octanol–water partition coefficient (Wildman–Crippen LogP) is 2.96. The molecule has 2 saturated heterocycles. The second-order valence-electron chi connectivity index (χ2n) is 6.78. The minimum absolute atomic E-state index is 0.0884. The maximum absolute atomic E-state index is 12.8. The molecule has 132 valence electrons. The van der Waals surface area contributed by atoms with E-state index in [9.17, 15) is 4.79 Å². The van der Waals surface area contributed by atoms with E-state index in [-0.39, 0.29) is 17.2 Å². The second-order valence-corrected chi connectivity index (χ2v) is 7.58. The summed E-state index contributed by atoms with van der Waals surface area (Å²) in [5.74, 6) is 0.369. The van der Waals surface area contributed by atoms with Gasteiger partial charge in [0.1, 0.15) is 5.15 Å². The molecule has 0 saturated carbocycles. The summed E-state index contributed by atoms with van der Waals surface area (Å²) in [6.45, 7) is 8.45. The van der Waals surface area contributed by atoms with Gasteiger partial charge in [-0.1, -0.05) is 23.2 Å². The highest BCUT2D eigenvalue weighted by Crippen LogP contribution is 2.27. The molecule has 2 aliphatic heterocycles. The molecule has 24 heavy (non-hydrogen) atoms. The predicted molar refractivity (Wildman–Crippen MR) is 94.7 cm³/mol. The molecule has 0 aliphatic carbocycles. The van der Waals surface area contributed by atoms with Crippen LogP contribution in [0.3, 0.4) is 0 Å². The van der Waals surface area contributed by atoms with Gasteiger partial charge in [0.25, 0.3) is 5.91 Å². The molecule has 0 N–H and O–H groups in total. The van der Waals surface area contributed by atoms with E-state index in [4.69, 9.17) is 27.9 Å². The van der Waals surface area contributed by atoms with E-state index in [0.717, 1.165) is 19.5 Å². The van der Waals surface area contributed by atoms with Gasteiger partial charge >= 0.3 is 0 Å². The van der Waals surface area contributed by atoms with Gasteiger partial charge in [0, 0.05) is 44.3 Å². The van der Waals surface area contributed by atoms with Crippen molar-refractivity contribution in [2.75, 3.05) is 32.8 Å². The Balaban J connectivity index is 1.69. The first-order valence-electron chi connectivity index (χ1n) is 8.41. The summed E-state index contributed by atoms with van der Waals surface area (Å²) in [4.78, 5) is 21.0. The molecule has 3 rings (SSSR count). The number of carbonyl (C=O) groups is 1. The third kappa shape index (κ3) is 3.85. The molecule has 2 unspecified atom stereocenters. The van der Waals surface area contributed by atoms with Crippen LogP contribution >= 0.6 is 23.2 Å². The van der Waals surface area contributed by atoms with Gasteiger partial charge in [0.2, 0.25) is 0 Å². The monoisotopic (exact) mass is 371 g/mol. The van der Waals surface area contributed by atoms with Crippen LogP contribution in [0, 0.1) is 5.92 Å². The van der Waals surface area contributed by atoms with Crippen molar-refractivity contribution < 1.29 is 9.53 Å².